The standard InChI is InChI=1S/C30H38N4O10/c1-33-15-6-9-20(12-13-26(37)34(16-14-25(33)36)32-30(42)43-2)28(40)31-23(17-27(38)39)24(35)18-44-29(41)22-11-5-8-19-7-3-4-10-21(19)22/h3-5,7-8,10-11,20,23,28,31,40H,6,9,12-18H2,1-2H3,(H,32,42)(H,38,39)/t20-,23+,28?/m1/s1. The Morgan fingerprint density at radius 3 is 2.45 bits per heavy atom. The minimum Gasteiger partial charge on any atom is -0.481 e. The van der Waals surface area contributed by atoms with Crippen LogP contribution in [-0.2, 0) is 28.7 Å². The highest BCUT2D eigenvalue weighted by atomic mass is 16.5. The Kier molecular flexibility index (Phi) is 12.6. The highest BCUT2D eigenvalue weighted by Crippen LogP contribution is 2.21. The van der Waals surface area contributed by atoms with E-state index in [1.54, 1.807) is 31.3 Å². The van der Waals surface area contributed by atoms with Crippen LogP contribution in [-0.4, -0.2) is 102 Å². The van der Waals surface area contributed by atoms with Crippen LogP contribution in [0.25, 0.3) is 10.8 Å². The summed E-state index contributed by atoms with van der Waals surface area (Å²) in [6.07, 6.45) is -2.24. The number of esters is 1. The number of ketones is 1. The number of rotatable bonds is 10. The van der Waals surface area contributed by atoms with Gasteiger partial charge in [-0.1, -0.05) is 36.4 Å². The van der Waals surface area contributed by atoms with Gasteiger partial charge in [0.2, 0.25) is 11.8 Å². The van der Waals surface area contributed by atoms with Gasteiger partial charge in [-0.25, -0.2) is 15.0 Å². The Labute approximate surface area is 254 Å². The van der Waals surface area contributed by atoms with Gasteiger partial charge in [0.15, 0.2) is 12.4 Å². The lowest BCUT2D eigenvalue weighted by atomic mass is 9.94. The summed E-state index contributed by atoms with van der Waals surface area (Å²) in [6, 6.07) is 10.8. The molecule has 1 heterocycles. The van der Waals surface area contributed by atoms with Crippen molar-refractivity contribution in [2.45, 2.75) is 50.8 Å². The molecule has 2 aromatic carbocycles. The van der Waals surface area contributed by atoms with Gasteiger partial charge < -0.3 is 24.6 Å². The lowest BCUT2D eigenvalue weighted by Crippen LogP contribution is -2.50. The lowest BCUT2D eigenvalue weighted by Gasteiger charge is -2.30. The molecule has 1 aliphatic heterocycles. The SMILES string of the molecule is COC(=O)NN1CCC(=O)N(C)CCC[C@@H](C(O)N[C@@H](CC(=O)O)C(=O)COC(=O)c2cccc3ccccc23)CCC1=O. The first-order valence-corrected chi connectivity index (χ1v) is 14.2. The molecule has 2 aromatic rings. The van der Waals surface area contributed by atoms with E-state index in [-0.39, 0.29) is 37.3 Å². The second kappa shape index (κ2) is 16.3. The van der Waals surface area contributed by atoms with Gasteiger partial charge in [-0.15, -0.1) is 0 Å². The van der Waals surface area contributed by atoms with Crippen LogP contribution in [0.5, 0.6) is 0 Å². The van der Waals surface area contributed by atoms with Gasteiger partial charge in [-0.2, -0.15) is 0 Å². The summed E-state index contributed by atoms with van der Waals surface area (Å²) in [5.74, 6) is -4.25. The van der Waals surface area contributed by atoms with Gasteiger partial charge >= 0.3 is 18.0 Å². The number of aliphatic hydroxyl groups excluding tert-OH is 1. The molecular formula is C30H38N4O10. The van der Waals surface area contributed by atoms with Gasteiger partial charge in [0, 0.05) is 26.4 Å². The zero-order valence-electron chi connectivity index (χ0n) is 24.7. The third kappa shape index (κ3) is 9.74. The second-order valence-electron chi connectivity index (χ2n) is 10.5. The van der Waals surface area contributed by atoms with Crippen molar-refractivity contribution in [3.63, 3.8) is 0 Å². The third-order valence-corrected chi connectivity index (χ3v) is 7.43. The molecule has 3 atom stereocenters. The maximum atomic E-state index is 13.0. The van der Waals surface area contributed by atoms with E-state index in [1.165, 1.54) is 4.90 Å². The van der Waals surface area contributed by atoms with Crippen LogP contribution in [0.15, 0.2) is 42.5 Å². The number of carbonyl (C=O) groups excluding carboxylic acids is 5. The number of nitrogens with zero attached hydrogens (tertiary/aromatic N) is 2. The van der Waals surface area contributed by atoms with Crippen LogP contribution in [0.2, 0.25) is 0 Å². The van der Waals surface area contributed by atoms with Crippen LogP contribution >= 0.6 is 0 Å². The number of ether oxygens (including phenoxy) is 2. The summed E-state index contributed by atoms with van der Waals surface area (Å²) in [6.45, 7) is -0.471. The lowest BCUT2D eigenvalue weighted by molar-refractivity contribution is -0.140. The van der Waals surface area contributed by atoms with Crippen LogP contribution in [0.1, 0.15) is 48.9 Å². The fraction of sp³-hybridized carbons (Fsp3) is 0.467. The molecule has 0 aliphatic carbocycles. The fourth-order valence-electron chi connectivity index (χ4n) is 4.92. The fourth-order valence-corrected chi connectivity index (χ4v) is 4.92. The maximum Gasteiger partial charge on any atom is 0.425 e. The van der Waals surface area contributed by atoms with Gasteiger partial charge in [0.1, 0.15) is 6.23 Å². The Hall–Kier alpha value is -4.56. The largest absolute Gasteiger partial charge is 0.481 e. The number of aliphatic carboxylic acids is 1. The Morgan fingerprint density at radius 1 is 1.00 bits per heavy atom. The Morgan fingerprint density at radius 2 is 1.73 bits per heavy atom. The first kappa shape index (κ1) is 33.9. The Bertz CT molecular complexity index is 1360. The molecule has 1 fully saturated rings. The van der Waals surface area contributed by atoms with Crippen LogP contribution in [0.3, 0.4) is 0 Å². The smallest absolute Gasteiger partial charge is 0.425 e. The molecule has 0 aromatic heterocycles. The van der Waals surface area contributed by atoms with Gasteiger partial charge in [-0.3, -0.25) is 29.5 Å². The average Bonchev–Trinajstić information content (AvgIpc) is 3.01. The average molecular weight is 615 g/mol. The number of aliphatic hydroxyl groups is 1. The number of carboxylic acid groups (broad SMARTS) is 1. The number of methoxy groups -OCH3 is 1. The van der Waals surface area contributed by atoms with Crippen molar-refractivity contribution < 1.29 is 48.5 Å². The molecule has 0 spiro atoms. The molecule has 1 saturated heterocycles. The maximum absolute atomic E-state index is 13.0. The van der Waals surface area contributed by atoms with Crippen LogP contribution in [0.4, 0.5) is 4.79 Å². The molecule has 14 heteroatoms. The zero-order valence-corrected chi connectivity index (χ0v) is 24.7. The molecule has 4 N–H and O–H groups in total. The summed E-state index contributed by atoms with van der Waals surface area (Å²) in [7, 11) is 2.73. The van der Waals surface area contributed by atoms with E-state index in [9.17, 15) is 39.0 Å². The molecule has 3 rings (SSSR count). The first-order chi connectivity index (χ1) is 21.0. The number of hydrogen-bond acceptors (Lipinski definition) is 10. The summed E-state index contributed by atoms with van der Waals surface area (Å²) in [5, 5.41) is 25.6. The normalized spacial score (nSPS) is 18.0. The minimum atomic E-state index is -1.42. The number of carboxylic acids is 1. The van der Waals surface area contributed by atoms with E-state index in [4.69, 9.17) is 4.74 Å². The predicted molar refractivity (Wildman–Crippen MR) is 156 cm³/mol. The predicted octanol–water partition coefficient (Wildman–Crippen LogP) is 1.46. The van der Waals surface area contributed by atoms with Crippen molar-refractivity contribution in [1.82, 2.24) is 20.7 Å². The molecule has 44 heavy (non-hydrogen) atoms. The number of Topliss-reactive ketones (excluding diaryl/α,β-unsaturated/α-hetero) is 1. The monoisotopic (exact) mass is 614 g/mol. The van der Waals surface area contributed by atoms with Gasteiger partial charge in [-0.05, 0) is 42.0 Å². The molecule has 1 unspecified atom stereocenters. The van der Waals surface area contributed by atoms with E-state index in [1.807, 2.05) is 18.2 Å². The van der Waals surface area contributed by atoms with E-state index < -0.39 is 60.9 Å². The second-order valence-corrected chi connectivity index (χ2v) is 10.5. The highest BCUT2D eigenvalue weighted by molar-refractivity contribution is 6.05. The number of hydrazine groups is 1. The molecule has 3 amide bonds. The van der Waals surface area contributed by atoms with E-state index in [0.29, 0.717) is 24.8 Å². The summed E-state index contributed by atoms with van der Waals surface area (Å²) in [5.41, 5.74) is 2.53. The van der Waals surface area contributed by atoms with Crippen LogP contribution < -0.4 is 10.7 Å². The van der Waals surface area contributed by atoms with E-state index in [2.05, 4.69) is 15.5 Å². The molecular weight excluding hydrogens is 576 g/mol. The highest BCUT2D eigenvalue weighted by Gasteiger charge is 2.30. The number of amides is 3. The number of fused-ring (bicyclic) bond motifs is 1. The topological polar surface area (TPSA) is 192 Å². The van der Waals surface area contributed by atoms with E-state index in [0.717, 1.165) is 17.5 Å². The third-order valence-electron chi connectivity index (χ3n) is 7.43. The molecule has 0 saturated carbocycles. The number of carbonyl (C=O) groups is 6. The summed E-state index contributed by atoms with van der Waals surface area (Å²) >= 11 is 0. The minimum absolute atomic E-state index is 0.0239. The van der Waals surface area contributed by atoms with Crippen molar-refractivity contribution in [2.75, 3.05) is 33.9 Å². The number of hydrogen-bond donors (Lipinski definition) is 4. The Balaban J connectivity index is 1.69. The molecule has 238 valence electrons. The van der Waals surface area contributed by atoms with Crippen LogP contribution in [0, 0.1) is 5.92 Å². The van der Waals surface area contributed by atoms with E-state index >= 15 is 0 Å². The van der Waals surface area contributed by atoms with Crippen molar-refractivity contribution in [1.29, 1.82) is 0 Å². The number of benzene rings is 2. The van der Waals surface area contributed by atoms with Crippen molar-refractivity contribution >= 4 is 46.4 Å². The van der Waals surface area contributed by atoms with Crippen molar-refractivity contribution in [3.8, 4) is 0 Å². The summed E-state index contributed by atoms with van der Waals surface area (Å²) in [4.78, 5) is 76.0. The van der Waals surface area contributed by atoms with Gasteiger partial charge in [0.05, 0.1) is 31.7 Å². The van der Waals surface area contributed by atoms with Crippen molar-refractivity contribution in [3.05, 3.63) is 48.0 Å². The summed E-state index contributed by atoms with van der Waals surface area (Å²) < 4.78 is 9.79. The zero-order chi connectivity index (χ0) is 32.2. The molecule has 0 radical (unpaired) electrons. The molecule has 0 bridgehead atoms. The molecule has 1 aliphatic rings. The quantitative estimate of drug-likeness (QED) is 0.224. The number of nitrogens with one attached hydrogen (secondary N) is 2. The van der Waals surface area contributed by atoms with Gasteiger partial charge in [0.25, 0.3) is 0 Å². The first-order valence-electron chi connectivity index (χ1n) is 14.2. The molecule has 14 nitrogen and oxygen atoms in total. The van der Waals surface area contributed by atoms with Crippen molar-refractivity contribution in [2.24, 2.45) is 5.92 Å².